The van der Waals surface area contributed by atoms with Crippen molar-refractivity contribution in [2.45, 2.75) is 50.6 Å². The molecule has 2 aromatic carbocycles. The van der Waals surface area contributed by atoms with Gasteiger partial charge < -0.3 is 15.2 Å². The summed E-state index contributed by atoms with van der Waals surface area (Å²) in [6.45, 7) is 4.30. The molecule has 2 N–H and O–H groups in total. The minimum Gasteiger partial charge on any atom is -0.493 e. The predicted octanol–water partition coefficient (Wildman–Crippen LogP) is 5.81. The van der Waals surface area contributed by atoms with Gasteiger partial charge in [-0.1, -0.05) is 43.5 Å². The third-order valence-corrected chi connectivity index (χ3v) is 7.20. The normalized spacial score (nSPS) is 25.2. The SMILES string of the molecule is CCCCC1CN2CC(c3ccc(Cl)cc3)c3cc(OC)c(OC)cc3C2CC1N.Cl. The average Bonchev–Trinajstić information content (AvgIpc) is 2.77. The lowest BCUT2D eigenvalue weighted by Crippen LogP contribution is -2.51. The van der Waals surface area contributed by atoms with Crippen LogP contribution in [0, 0.1) is 5.92 Å². The standard InChI is InChI=1S/C25H33ClN2O2.ClH/c1-4-5-6-17-14-28-15-21(16-7-9-18(26)10-8-16)19-11-24(29-2)25(30-3)12-20(19)23(28)13-22(17)27;/h7-12,17,21-23H,4-6,13-15,27H2,1-3H3;1H. The van der Waals surface area contributed by atoms with E-state index in [-0.39, 0.29) is 24.4 Å². The fourth-order valence-electron chi connectivity index (χ4n) is 5.27. The van der Waals surface area contributed by atoms with Crippen molar-refractivity contribution in [3.8, 4) is 11.5 Å². The van der Waals surface area contributed by atoms with E-state index >= 15 is 0 Å². The summed E-state index contributed by atoms with van der Waals surface area (Å²) in [7, 11) is 3.40. The molecule has 0 radical (unpaired) electrons. The lowest BCUT2D eigenvalue weighted by molar-refractivity contribution is 0.0728. The van der Waals surface area contributed by atoms with Crippen LogP contribution in [-0.4, -0.2) is 38.3 Å². The summed E-state index contributed by atoms with van der Waals surface area (Å²) in [5.74, 6) is 2.41. The lowest BCUT2D eigenvalue weighted by Gasteiger charge is -2.48. The summed E-state index contributed by atoms with van der Waals surface area (Å²) in [5, 5.41) is 0.767. The highest BCUT2D eigenvalue weighted by molar-refractivity contribution is 6.30. The monoisotopic (exact) mass is 464 g/mol. The van der Waals surface area contributed by atoms with Crippen LogP contribution in [0.15, 0.2) is 36.4 Å². The first kappa shape index (κ1) is 24.2. The first-order valence-corrected chi connectivity index (χ1v) is 11.4. The van der Waals surface area contributed by atoms with E-state index in [1.54, 1.807) is 14.2 Å². The van der Waals surface area contributed by atoms with Gasteiger partial charge in [-0.3, -0.25) is 4.90 Å². The van der Waals surface area contributed by atoms with E-state index < -0.39 is 0 Å². The zero-order valence-electron chi connectivity index (χ0n) is 18.6. The third-order valence-electron chi connectivity index (χ3n) is 6.95. The molecule has 4 rings (SSSR count). The number of rotatable bonds is 6. The molecule has 2 heterocycles. The van der Waals surface area contributed by atoms with Gasteiger partial charge >= 0.3 is 0 Å². The number of piperidine rings is 1. The Kier molecular flexibility index (Phi) is 8.14. The second-order valence-corrected chi connectivity index (χ2v) is 9.15. The van der Waals surface area contributed by atoms with Gasteiger partial charge in [0.05, 0.1) is 14.2 Å². The van der Waals surface area contributed by atoms with E-state index in [2.05, 4.69) is 36.1 Å². The molecule has 4 nitrogen and oxygen atoms in total. The highest BCUT2D eigenvalue weighted by Gasteiger charge is 2.41. The molecule has 2 aromatic rings. The number of ether oxygens (including phenoxy) is 2. The van der Waals surface area contributed by atoms with Crippen LogP contribution >= 0.6 is 24.0 Å². The first-order valence-electron chi connectivity index (χ1n) is 11.1. The van der Waals surface area contributed by atoms with Crippen LogP contribution in [0.2, 0.25) is 5.02 Å². The van der Waals surface area contributed by atoms with Gasteiger partial charge in [0.1, 0.15) is 0 Å². The van der Waals surface area contributed by atoms with E-state index in [1.165, 1.54) is 36.0 Å². The van der Waals surface area contributed by atoms with Crippen LogP contribution < -0.4 is 15.2 Å². The molecule has 4 unspecified atom stereocenters. The smallest absolute Gasteiger partial charge is 0.161 e. The van der Waals surface area contributed by atoms with Crippen LogP contribution in [0.3, 0.4) is 0 Å². The molecule has 1 saturated heterocycles. The van der Waals surface area contributed by atoms with Gasteiger partial charge in [0.15, 0.2) is 11.5 Å². The molecule has 4 atom stereocenters. The number of hydrogen-bond acceptors (Lipinski definition) is 4. The Bertz CT molecular complexity index is 875. The molecular weight excluding hydrogens is 431 g/mol. The molecule has 0 spiro atoms. The first-order chi connectivity index (χ1) is 14.5. The van der Waals surface area contributed by atoms with Crippen molar-refractivity contribution in [3.63, 3.8) is 0 Å². The largest absolute Gasteiger partial charge is 0.493 e. The summed E-state index contributed by atoms with van der Waals surface area (Å²) >= 11 is 6.17. The van der Waals surface area contributed by atoms with E-state index in [4.69, 9.17) is 26.8 Å². The van der Waals surface area contributed by atoms with Crippen molar-refractivity contribution < 1.29 is 9.47 Å². The van der Waals surface area contributed by atoms with Crippen LogP contribution in [0.25, 0.3) is 0 Å². The average molecular weight is 465 g/mol. The summed E-state index contributed by atoms with van der Waals surface area (Å²) in [6, 6.07) is 13.2. The van der Waals surface area contributed by atoms with Crippen LogP contribution in [0.1, 0.15) is 61.3 Å². The number of fused-ring (bicyclic) bond motifs is 3. The molecule has 2 aliphatic rings. The molecule has 0 aromatic heterocycles. The number of halogens is 2. The lowest BCUT2D eigenvalue weighted by atomic mass is 9.75. The van der Waals surface area contributed by atoms with Crippen LogP contribution in [0.4, 0.5) is 0 Å². The molecule has 31 heavy (non-hydrogen) atoms. The molecule has 6 heteroatoms. The van der Waals surface area contributed by atoms with Gasteiger partial charge in [-0.25, -0.2) is 0 Å². The van der Waals surface area contributed by atoms with Crippen molar-refractivity contribution >= 4 is 24.0 Å². The fraction of sp³-hybridized carbons (Fsp3) is 0.520. The molecular formula is C25H34Cl2N2O2. The van der Waals surface area contributed by atoms with E-state index in [0.717, 1.165) is 36.0 Å². The number of benzene rings is 2. The van der Waals surface area contributed by atoms with Crippen molar-refractivity contribution in [2.75, 3.05) is 27.3 Å². The minimum atomic E-state index is 0. The maximum absolute atomic E-state index is 6.68. The molecule has 0 aliphatic carbocycles. The highest BCUT2D eigenvalue weighted by Crippen LogP contribution is 2.48. The van der Waals surface area contributed by atoms with Crippen LogP contribution in [-0.2, 0) is 0 Å². The number of hydrogen-bond donors (Lipinski definition) is 1. The van der Waals surface area contributed by atoms with Gasteiger partial charge in [0.2, 0.25) is 0 Å². The van der Waals surface area contributed by atoms with E-state index in [1.807, 2.05) is 12.1 Å². The quantitative estimate of drug-likeness (QED) is 0.585. The van der Waals surface area contributed by atoms with Gasteiger partial charge in [-0.05, 0) is 59.7 Å². The van der Waals surface area contributed by atoms with Crippen molar-refractivity contribution in [1.29, 1.82) is 0 Å². The molecule has 2 aliphatic heterocycles. The summed E-state index contributed by atoms with van der Waals surface area (Å²) < 4.78 is 11.3. The van der Waals surface area contributed by atoms with E-state index in [9.17, 15) is 0 Å². The maximum atomic E-state index is 6.68. The van der Waals surface area contributed by atoms with Crippen molar-refractivity contribution in [1.82, 2.24) is 4.90 Å². The highest BCUT2D eigenvalue weighted by atomic mass is 35.5. The van der Waals surface area contributed by atoms with Crippen molar-refractivity contribution in [2.24, 2.45) is 11.7 Å². The Hall–Kier alpha value is -1.46. The summed E-state index contributed by atoms with van der Waals surface area (Å²) in [5.41, 5.74) is 10.6. The van der Waals surface area contributed by atoms with Gasteiger partial charge in [-0.15, -0.1) is 12.4 Å². The van der Waals surface area contributed by atoms with Gasteiger partial charge in [-0.2, -0.15) is 0 Å². The number of nitrogens with two attached hydrogens (primary N) is 1. The summed E-state index contributed by atoms with van der Waals surface area (Å²) in [4.78, 5) is 2.65. The Labute approximate surface area is 197 Å². The zero-order chi connectivity index (χ0) is 21.3. The molecule has 0 saturated carbocycles. The molecule has 0 bridgehead atoms. The third kappa shape index (κ3) is 4.83. The molecule has 170 valence electrons. The molecule has 0 amide bonds. The van der Waals surface area contributed by atoms with Crippen molar-refractivity contribution in [3.05, 3.63) is 58.1 Å². The second kappa shape index (κ2) is 10.4. The zero-order valence-corrected chi connectivity index (χ0v) is 20.2. The minimum absolute atomic E-state index is 0. The Morgan fingerprint density at radius 1 is 1.03 bits per heavy atom. The molecule has 1 fully saturated rings. The van der Waals surface area contributed by atoms with E-state index in [0.29, 0.717) is 12.0 Å². The topological polar surface area (TPSA) is 47.7 Å². The Morgan fingerprint density at radius 2 is 1.68 bits per heavy atom. The predicted molar refractivity (Wildman–Crippen MR) is 130 cm³/mol. The summed E-state index contributed by atoms with van der Waals surface area (Å²) in [6.07, 6.45) is 4.68. The van der Waals surface area contributed by atoms with Crippen LogP contribution in [0.5, 0.6) is 11.5 Å². The number of unbranched alkanes of at least 4 members (excludes halogenated alkanes) is 1. The maximum Gasteiger partial charge on any atom is 0.161 e. The Balaban J connectivity index is 0.00000272. The van der Waals surface area contributed by atoms with Gasteiger partial charge in [0, 0.05) is 36.1 Å². The fourth-order valence-corrected chi connectivity index (χ4v) is 5.40. The van der Waals surface area contributed by atoms with Gasteiger partial charge in [0.25, 0.3) is 0 Å². The number of nitrogens with zero attached hydrogens (tertiary/aromatic N) is 1. The number of methoxy groups -OCH3 is 2. The second-order valence-electron chi connectivity index (χ2n) is 8.71. The Morgan fingerprint density at radius 3 is 2.29 bits per heavy atom.